The molecule has 0 saturated carbocycles. The molecule has 0 atom stereocenters. The predicted octanol–water partition coefficient (Wildman–Crippen LogP) is 1.67. The fourth-order valence-corrected chi connectivity index (χ4v) is 1.82. The van der Waals surface area contributed by atoms with Crippen molar-refractivity contribution < 1.29 is 14.7 Å². The van der Waals surface area contributed by atoms with E-state index in [1.54, 1.807) is 37.0 Å². The van der Waals surface area contributed by atoms with E-state index in [0.29, 0.717) is 22.2 Å². The number of methoxy groups -OCH3 is 1. The Bertz CT molecular complexity index is 581. The standard InChI is InChI=1S/C12H12N2O3/c1-7-5-6-13-11-9(17-2)4-3-8(10(7)11)12(15)14-16/h3-6,16H,1-2H3,(H,14,15). The Hall–Kier alpha value is -2.14. The average Bonchev–Trinajstić information content (AvgIpc) is 2.37. The first-order valence-corrected chi connectivity index (χ1v) is 5.05. The molecule has 1 amide bonds. The van der Waals surface area contributed by atoms with Crippen molar-refractivity contribution in [3.63, 3.8) is 0 Å². The summed E-state index contributed by atoms with van der Waals surface area (Å²) in [7, 11) is 1.55. The number of carbonyl (C=O) groups excluding carboxylic acids is 1. The van der Waals surface area contributed by atoms with Gasteiger partial charge in [0.1, 0.15) is 11.3 Å². The van der Waals surface area contributed by atoms with E-state index in [0.717, 1.165) is 5.56 Å². The molecule has 1 aromatic carbocycles. The van der Waals surface area contributed by atoms with Gasteiger partial charge in [-0.25, -0.2) is 5.48 Å². The first-order valence-electron chi connectivity index (χ1n) is 5.05. The smallest absolute Gasteiger partial charge is 0.275 e. The maximum Gasteiger partial charge on any atom is 0.275 e. The van der Waals surface area contributed by atoms with E-state index in [1.165, 1.54) is 0 Å². The van der Waals surface area contributed by atoms with Gasteiger partial charge in [-0.1, -0.05) is 0 Å². The van der Waals surface area contributed by atoms with Crippen LogP contribution in [0, 0.1) is 6.92 Å². The van der Waals surface area contributed by atoms with E-state index in [9.17, 15) is 4.79 Å². The second kappa shape index (κ2) is 4.39. The number of hydroxylamine groups is 1. The lowest BCUT2D eigenvalue weighted by Gasteiger charge is -2.10. The summed E-state index contributed by atoms with van der Waals surface area (Å²) in [6.07, 6.45) is 1.65. The fourth-order valence-electron chi connectivity index (χ4n) is 1.82. The number of carbonyl (C=O) groups is 1. The Kier molecular flexibility index (Phi) is 2.93. The van der Waals surface area contributed by atoms with Crippen LogP contribution in [-0.2, 0) is 0 Å². The zero-order valence-electron chi connectivity index (χ0n) is 9.52. The normalized spacial score (nSPS) is 10.3. The number of aromatic nitrogens is 1. The molecule has 2 rings (SSSR count). The van der Waals surface area contributed by atoms with Gasteiger partial charge in [-0.05, 0) is 30.7 Å². The monoisotopic (exact) mass is 232 g/mol. The number of ether oxygens (including phenoxy) is 1. The topological polar surface area (TPSA) is 71.5 Å². The van der Waals surface area contributed by atoms with Crippen molar-refractivity contribution in [1.82, 2.24) is 10.5 Å². The average molecular weight is 232 g/mol. The minimum Gasteiger partial charge on any atom is -0.494 e. The lowest BCUT2D eigenvalue weighted by Crippen LogP contribution is -2.19. The number of amides is 1. The SMILES string of the molecule is COc1ccc(C(=O)NO)c2c(C)ccnc12. The molecule has 1 aromatic heterocycles. The summed E-state index contributed by atoms with van der Waals surface area (Å²) in [6, 6.07) is 5.05. The van der Waals surface area contributed by atoms with Crippen LogP contribution in [0.3, 0.4) is 0 Å². The van der Waals surface area contributed by atoms with Crippen LogP contribution in [0.15, 0.2) is 24.4 Å². The van der Waals surface area contributed by atoms with Crippen molar-refractivity contribution in [3.05, 3.63) is 35.5 Å². The molecule has 17 heavy (non-hydrogen) atoms. The van der Waals surface area contributed by atoms with Crippen LogP contribution in [-0.4, -0.2) is 23.2 Å². The highest BCUT2D eigenvalue weighted by molar-refractivity contribution is 6.08. The Morgan fingerprint density at radius 2 is 2.18 bits per heavy atom. The van der Waals surface area contributed by atoms with Gasteiger partial charge in [0.05, 0.1) is 12.7 Å². The van der Waals surface area contributed by atoms with Crippen LogP contribution in [0.1, 0.15) is 15.9 Å². The molecule has 0 radical (unpaired) electrons. The Morgan fingerprint density at radius 1 is 1.41 bits per heavy atom. The Labute approximate surface area is 98.0 Å². The largest absolute Gasteiger partial charge is 0.494 e. The second-order valence-electron chi connectivity index (χ2n) is 3.61. The van der Waals surface area contributed by atoms with E-state index < -0.39 is 5.91 Å². The summed E-state index contributed by atoms with van der Waals surface area (Å²) >= 11 is 0. The number of aryl methyl sites for hydroxylation is 1. The van der Waals surface area contributed by atoms with E-state index in [-0.39, 0.29) is 0 Å². The van der Waals surface area contributed by atoms with Gasteiger partial charge in [0, 0.05) is 11.6 Å². The zero-order valence-corrected chi connectivity index (χ0v) is 9.52. The van der Waals surface area contributed by atoms with Gasteiger partial charge in [-0.2, -0.15) is 0 Å². The molecule has 0 fully saturated rings. The molecule has 88 valence electrons. The molecule has 0 saturated heterocycles. The van der Waals surface area contributed by atoms with Crippen molar-refractivity contribution in [2.24, 2.45) is 0 Å². The summed E-state index contributed by atoms with van der Waals surface area (Å²) in [5.41, 5.74) is 3.50. The van der Waals surface area contributed by atoms with Crippen LogP contribution in [0.5, 0.6) is 5.75 Å². The highest BCUT2D eigenvalue weighted by Gasteiger charge is 2.14. The molecule has 0 spiro atoms. The van der Waals surface area contributed by atoms with Crippen molar-refractivity contribution >= 4 is 16.8 Å². The number of pyridine rings is 1. The summed E-state index contributed by atoms with van der Waals surface area (Å²) in [6.45, 7) is 1.87. The molecule has 0 unspecified atom stereocenters. The number of hydrogen-bond acceptors (Lipinski definition) is 4. The number of benzene rings is 1. The van der Waals surface area contributed by atoms with E-state index in [1.807, 2.05) is 6.92 Å². The maximum absolute atomic E-state index is 11.5. The Morgan fingerprint density at radius 3 is 2.82 bits per heavy atom. The van der Waals surface area contributed by atoms with Crippen LogP contribution in [0.2, 0.25) is 0 Å². The van der Waals surface area contributed by atoms with Crippen LogP contribution in [0.25, 0.3) is 10.9 Å². The van der Waals surface area contributed by atoms with Gasteiger partial charge in [-0.15, -0.1) is 0 Å². The predicted molar refractivity (Wildman–Crippen MR) is 62.3 cm³/mol. The van der Waals surface area contributed by atoms with E-state index >= 15 is 0 Å². The van der Waals surface area contributed by atoms with Gasteiger partial charge in [0.15, 0.2) is 0 Å². The third kappa shape index (κ3) is 1.81. The minimum atomic E-state index is -0.561. The first kappa shape index (κ1) is 11.3. The van der Waals surface area contributed by atoms with Gasteiger partial charge in [0.25, 0.3) is 5.91 Å². The third-order valence-corrected chi connectivity index (χ3v) is 2.63. The molecule has 5 heteroatoms. The molecule has 0 aliphatic carbocycles. The number of hydrogen-bond donors (Lipinski definition) is 2. The van der Waals surface area contributed by atoms with Crippen LogP contribution < -0.4 is 10.2 Å². The van der Waals surface area contributed by atoms with Crippen LogP contribution in [0.4, 0.5) is 0 Å². The second-order valence-corrected chi connectivity index (χ2v) is 3.61. The number of nitrogens with zero attached hydrogens (tertiary/aromatic N) is 1. The summed E-state index contributed by atoms with van der Waals surface area (Å²) in [5.74, 6) is 0.0342. The minimum absolute atomic E-state index is 0.369. The zero-order chi connectivity index (χ0) is 12.4. The first-order chi connectivity index (χ1) is 8.19. The molecule has 5 nitrogen and oxygen atoms in total. The molecule has 2 N–H and O–H groups in total. The molecule has 0 bridgehead atoms. The molecule has 2 aromatic rings. The van der Waals surface area contributed by atoms with Gasteiger partial charge in [0.2, 0.25) is 0 Å². The molecular weight excluding hydrogens is 220 g/mol. The number of rotatable bonds is 2. The van der Waals surface area contributed by atoms with Crippen molar-refractivity contribution in [2.45, 2.75) is 6.92 Å². The van der Waals surface area contributed by atoms with E-state index in [2.05, 4.69) is 4.98 Å². The van der Waals surface area contributed by atoms with Crippen molar-refractivity contribution in [1.29, 1.82) is 0 Å². The van der Waals surface area contributed by atoms with Gasteiger partial charge in [-0.3, -0.25) is 15.0 Å². The lowest BCUT2D eigenvalue weighted by molar-refractivity contribution is 0.0708. The highest BCUT2D eigenvalue weighted by Crippen LogP contribution is 2.28. The number of fused-ring (bicyclic) bond motifs is 1. The highest BCUT2D eigenvalue weighted by atomic mass is 16.5. The maximum atomic E-state index is 11.5. The summed E-state index contributed by atoms with van der Waals surface area (Å²) in [4.78, 5) is 15.8. The molecule has 0 aliphatic heterocycles. The third-order valence-electron chi connectivity index (χ3n) is 2.63. The fraction of sp³-hybridized carbons (Fsp3) is 0.167. The van der Waals surface area contributed by atoms with Crippen molar-refractivity contribution in [3.8, 4) is 5.75 Å². The number of nitrogens with one attached hydrogen (secondary N) is 1. The Balaban J connectivity index is 2.84. The summed E-state index contributed by atoms with van der Waals surface area (Å²) < 4.78 is 5.19. The van der Waals surface area contributed by atoms with E-state index in [4.69, 9.17) is 9.94 Å². The van der Waals surface area contributed by atoms with Gasteiger partial charge < -0.3 is 4.74 Å². The molecule has 0 aliphatic rings. The quantitative estimate of drug-likeness (QED) is 0.610. The lowest BCUT2D eigenvalue weighted by atomic mass is 10.0. The molecule has 1 heterocycles. The summed E-state index contributed by atoms with van der Waals surface area (Å²) in [5, 5.41) is 9.39. The van der Waals surface area contributed by atoms with Crippen LogP contribution >= 0.6 is 0 Å². The van der Waals surface area contributed by atoms with Gasteiger partial charge >= 0.3 is 0 Å². The molecular formula is C12H12N2O3. The van der Waals surface area contributed by atoms with Crippen molar-refractivity contribution in [2.75, 3.05) is 7.11 Å².